The van der Waals surface area contributed by atoms with Gasteiger partial charge in [-0.25, -0.2) is 4.39 Å². The number of carbonyl (C=O) groups is 2. The summed E-state index contributed by atoms with van der Waals surface area (Å²) in [6, 6.07) is 18.8. The predicted octanol–water partition coefficient (Wildman–Crippen LogP) is 5.37. The van der Waals surface area contributed by atoms with Crippen LogP contribution in [0.2, 0.25) is 5.02 Å². The Labute approximate surface area is 197 Å². The van der Waals surface area contributed by atoms with E-state index in [1.54, 1.807) is 41.0 Å². The normalized spacial score (nSPS) is 17.4. The van der Waals surface area contributed by atoms with E-state index in [4.69, 9.17) is 11.6 Å². The number of carbonyl (C=O) groups excluding carboxylic acids is 2. The fraction of sp³-hybridized carbons (Fsp3) is 0.231. The Hall–Kier alpha value is -3.22. The lowest BCUT2D eigenvalue weighted by molar-refractivity contribution is -0.118. The van der Waals surface area contributed by atoms with Gasteiger partial charge in [-0.2, -0.15) is 0 Å². The van der Waals surface area contributed by atoms with Crippen LogP contribution < -0.4 is 9.80 Å². The van der Waals surface area contributed by atoms with Crippen molar-refractivity contribution in [1.82, 2.24) is 0 Å². The van der Waals surface area contributed by atoms with Crippen LogP contribution >= 0.6 is 11.6 Å². The van der Waals surface area contributed by atoms with E-state index in [0.29, 0.717) is 34.8 Å². The number of aliphatic hydroxyl groups is 1. The van der Waals surface area contributed by atoms with Gasteiger partial charge in [-0.15, -0.1) is 0 Å². The lowest BCUT2D eigenvalue weighted by atomic mass is 9.88. The Bertz CT molecular complexity index is 1150. The summed E-state index contributed by atoms with van der Waals surface area (Å²) in [4.78, 5) is 29.8. The van der Waals surface area contributed by atoms with E-state index < -0.39 is 11.9 Å². The second-order valence-electron chi connectivity index (χ2n) is 7.92. The SMILES string of the molecule is CCC(=O)N(c1ccc(Cl)cc1)C1CC(CO)N(C(=O)c2ccc(F)cc2)c2ccccc21. The molecule has 3 aromatic carbocycles. The largest absolute Gasteiger partial charge is 0.394 e. The smallest absolute Gasteiger partial charge is 0.258 e. The monoisotopic (exact) mass is 466 g/mol. The van der Waals surface area contributed by atoms with Gasteiger partial charge in [-0.3, -0.25) is 9.59 Å². The summed E-state index contributed by atoms with van der Waals surface area (Å²) in [5.74, 6) is -0.840. The van der Waals surface area contributed by atoms with E-state index in [1.807, 2.05) is 24.3 Å². The van der Waals surface area contributed by atoms with Gasteiger partial charge in [0.15, 0.2) is 0 Å². The maximum atomic E-state index is 13.4. The Morgan fingerprint density at radius 3 is 2.36 bits per heavy atom. The zero-order valence-electron chi connectivity index (χ0n) is 18.1. The summed E-state index contributed by atoms with van der Waals surface area (Å²) >= 11 is 6.06. The van der Waals surface area contributed by atoms with Gasteiger partial charge >= 0.3 is 0 Å². The number of aliphatic hydroxyl groups excluding tert-OH is 1. The maximum absolute atomic E-state index is 13.4. The van der Waals surface area contributed by atoms with E-state index >= 15 is 0 Å². The van der Waals surface area contributed by atoms with Crippen LogP contribution in [0.1, 0.15) is 41.7 Å². The quantitative estimate of drug-likeness (QED) is 0.549. The predicted molar refractivity (Wildman–Crippen MR) is 127 cm³/mol. The van der Waals surface area contributed by atoms with Crippen LogP contribution in [0.15, 0.2) is 72.8 Å². The van der Waals surface area contributed by atoms with Crippen LogP contribution in [0, 0.1) is 5.82 Å². The molecule has 0 radical (unpaired) electrons. The molecule has 0 spiro atoms. The minimum Gasteiger partial charge on any atom is -0.394 e. The molecule has 2 amide bonds. The van der Waals surface area contributed by atoms with Crippen LogP contribution in [-0.4, -0.2) is 29.6 Å². The molecule has 1 N–H and O–H groups in total. The van der Waals surface area contributed by atoms with Crippen molar-refractivity contribution in [1.29, 1.82) is 0 Å². The zero-order chi connectivity index (χ0) is 23.5. The second kappa shape index (κ2) is 9.73. The molecule has 0 saturated heterocycles. The molecule has 2 atom stereocenters. The van der Waals surface area contributed by atoms with Crippen molar-refractivity contribution in [2.24, 2.45) is 0 Å². The highest BCUT2D eigenvalue weighted by atomic mass is 35.5. The lowest BCUT2D eigenvalue weighted by Gasteiger charge is -2.44. The van der Waals surface area contributed by atoms with Gasteiger partial charge in [-0.1, -0.05) is 36.7 Å². The molecule has 0 saturated carbocycles. The van der Waals surface area contributed by atoms with Gasteiger partial charge in [0, 0.05) is 28.4 Å². The average molecular weight is 467 g/mol. The number of para-hydroxylation sites is 1. The Morgan fingerprint density at radius 1 is 1.06 bits per heavy atom. The molecule has 1 aliphatic rings. The van der Waals surface area contributed by atoms with Crippen molar-refractivity contribution in [3.63, 3.8) is 0 Å². The van der Waals surface area contributed by atoms with E-state index in [2.05, 4.69) is 0 Å². The first-order valence-corrected chi connectivity index (χ1v) is 11.2. The Kier molecular flexibility index (Phi) is 6.77. The first-order chi connectivity index (χ1) is 15.9. The topological polar surface area (TPSA) is 60.9 Å². The molecule has 0 bridgehead atoms. The lowest BCUT2D eigenvalue weighted by Crippen LogP contribution is -2.50. The van der Waals surface area contributed by atoms with E-state index in [1.165, 1.54) is 24.3 Å². The summed E-state index contributed by atoms with van der Waals surface area (Å²) in [5, 5.41) is 10.8. The summed E-state index contributed by atoms with van der Waals surface area (Å²) < 4.78 is 13.4. The highest BCUT2D eigenvalue weighted by Crippen LogP contribution is 2.43. The van der Waals surface area contributed by atoms with E-state index in [9.17, 15) is 19.1 Å². The average Bonchev–Trinajstić information content (AvgIpc) is 2.84. The molecule has 3 aromatic rings. The van der Waals surface area contributed by atoms with Crippen molar-refractivity contribution in [3.05, 3.63) is 94.8 Å². The van der Waals surface area contributed by atoms with Gasteiger partial charge < -0.3 is 14.9 Å². The molecule has 5 nitrogen and oxygen atoms in total. The molecular formula is C26H24ClFN2O3. The number of fused-ring (bicyclic) bond motifs is 1. The first kappa shape index (κ1) is 23.0. The third-order valence-corrected chi connectivity index (χ3v) is 6.18. The third kappa shape index (κ3) is 4.49. The van der Waals surface area contributed by atoms with Crippen molar-refractivity contribution in [2.45, 2.75) is 31.8 Å². The molecule has 0 fully saturated rings. The number of hydrogen-bond acceptors (Lipinski definition) is 3. The Morgan fingerprint density at radius 2 is 1.73 bits per heavy atom. The summed E-state index contributed by atoms with van der Waals surface area (Å²) in [5.41, 5.74) is 2.43. The maximum Gasteiger partial charge on any atom is 0.258 e. The molecule has 4 rings (SSSR count). The van der Waals surface area contributed by atoms with Gasteiger partial charge in [0.25, 0.3) is 5.91 Å². The Balaban J connectivity index is 1.81. The molecule has 1 heterocycles. The highest BCUT2D eigenvalue weighted by Gasteiger charge is 2.40. The standard InChI is InChI=1S/C26H24ClFN2O3/c1-2-25(32)29(20-13-9-18(27)10-14-20)24-15-21(16-31)30(23-6-4-3-5-22(23)24)26(33)17-7-11-19(28)12-8-17/h3-14,21,24,31H,2,15-16H2,1H3. The number of nitrogens with zero attached hydrogens (tertiary/aromatic N) is 2. The fourth-order valence-electron chi connectivity index (χ4n) is 4.35. The second-order valence-corrected chi connectivity index (χ2v) is 8.36. The van der Waals surface area contributed by atoms with Crippen molar-refractivity contribution in [2.75, 3.05) is 16.4 Å². The summed E-state index contributed by atoms with van der Waals surface area (Å²) in [6.07, 6.45) is 0.637. The number of anilines is 2. The van der Waals surface area contributed by atoms with Gasteiger partial charge in [0.1, 0.15) is 5.82 Å². The molecule has 0 aromatic heterocycles. The van der Waals surface area contributed by atoms with Gasteiger partial charge in [0.2, 0.25) is 5.91 Å². The van der Waals surface area contributed by atoms with Crippen molar-refractivity contribution < 1.29 is 19.1 Å². The number of hydrogen-bond donors (Lipinski definition) is 1. The zero-order valence-corrected chi connectivity index (χ0v) is 18.9. The van der Waals surface area contributed by atoms with Crippen LogP contribution in [0.25, 0.3) is 0 Å². The number of benzene rings is 3. The number of halogens is 2. The van der Waals surface area contributed by atoms with E-state index in [-0.39, 0.29) is 24.5 Å². The third-order valence-electron chi connectivity index (χ3n) is 5.92. The summed E-state index contributed by atoms with van der Waals surface area (Å²) in [6.45, 7) is 1.51. The minimum atomic E-state index is -0.568. The number of amides is 2. The fourth-order valence-corrected chi connectivity index (χ4v) is 4.48. The molecule has 0 aliphatic carbocycles. The minimum absolute atomic E-state index is 0.0767. The van der Waals surface area contributed by atoms with Crippen molar-refractivity contribution in [3.8, 4) is 0 Å². The molecule has 33 heavy (non-hydrogen) atoms. The van der Waals surface area contributed by atoms with Crippen LogP contribution in [-0.2, 0) is 4.79 Å². The van der Waals surface area contributed by atoms with Crippen molar-refractivity contribution >= 4 is 34.8 Å². The highest BCUT2D eigenvalue weighted by molar-refractivity contribution is 6.30. The molecular weight excluding hydrogens is 443 g/mol. The van der Waals surface area contributed by atoms with Crippen LogP contribution in [0.5, 0.6) is 0 Å². The number of rotatable bonds is 5. The molecule has 1 aliphatic heterocycles. The van der Waals surface area contributed by atoms with Crippen LogP contribution in [0.4, 0.5) is 15.8 Å². The summed E-state index contributed by atoms with van der Waals surface area (Å²) in [7, 11) is 0. The molecule has 2 unspecified atom stereocenters. The molecule has 7 heteroatoms. The van der Waals surface area contributed by atoms with Gasteiger partial charge in [0.05, 0.1) is 18.7 Å². The van der Waals surface area contributed by atoms with Crippen LogP contribution in [0.3, 0.4) is 0 Å². The first-order valence-electron chi connectivity index (χ1n) is 10.8. The molecule has 170 valence electrons. The van der Waals surface area contributed by atoms with E-state index in [0.717, 1.165) is 5.56 Å². The van der Waals surface area contributed by atoms with Gasteiger partial charge in [-0.05, 0) is 66.6 Å².